The Kier molecular flexibility index (Phi) is 6.98. The van der Waals surface area contributed by atoms with Crippen molar-refractivity contribution < 1.29 is 22.7 Å². The van der Waals surface area contributed by atoms with E-state index in [1.807, 2.05) is 31.2 Å². The summed E-state index contributed by atoms with van der Waals surface area (Å²) in [6.45, 7) is 6.68. The average Bonchev–Trinajstić information content (AvgIpc) is 2.93. The van der Waals surface area contributed by atoms with Gasteiger partial charge in [-0.1, -0.05) is 29.8 Å². The summed E-state index contributed by atoms with van der Waals surface area (Å²) in [4.78, 5) is 26.9. The van der Waals surface area contributed by atoms with Gasteiger partial charge in [-0.2, -0.15) is 0 Å². The third-order valence-corrected chi connectivity index (χ3v) is 5.63. The third-order valence-electron chi connectivity index (χ3n) is 4.06. The van der Waals surface area contributed by atoms with Gasteiger partial charge in [-0.3, -0.25) is 4.79 Å². The fourth-order valence-electron chi connectivity index (χ4n) is 2.86. The van der Waals surface area contributed by atoms with Crippen molar-refractivity contribution in [3.8, 4) is 0 Å². The Morgan fingerprint density at radius 1 is 1.14 bits per heavy atom. The Morgan fingerprint density at radius 3 is 2.50 bits per heavy atom. The van der Waals surface area contributed by atoms with E-state index in [-0.39, 0.29) is 17.1 Å². The molecular formula is C19H25N3O5S. The SMILES string of the molecule is CCOC(=O)c1c(C)[nH]c(C)c1S(=O)(=O)NCC(=O)NCc1cccc(C)c1. The Morgan fingerprint density at radius 2 is 1.86 bits per heavy atom. The predicted octanol–water partition coefficient (Wildman–Crippen LogP) is 1.71. The molecule has 0 radical (unpaired) electrons. The van der Waals surface area contributed by atoms with Crippen LogP contribution < -0.4 is 10.0 Å². The summed E-state index contributed by atoms with van der Waals surface area (Å²) < 4.78 is 32.6. The third kappa shape index (κ3) is 5.20. The number of ether oxygens (including phenoxy) is 1. The molecule has 0 unspecified atom stereocenters. The van der Waals surface area contributed by atoms with Crippen molar-refractivity contribution in [2.45, 2.75) is 39.1 Å². The minimum atomic E-state index is -4.09. The highest BCUT2D eigenvalue weighted by atomic mass is 32.2. The van der Waals surface area contributed by atoms with Crippen molar-refractivity contribution >= 4 is 21.9 Å². The Bertz CT molecular complexity index is 979. The van der Waals surface area contributed by atoms with E-state index in [9.17, 15) is 18.0 Å². The predicted molar refractivity (Wildman–Crippen MR) is 104 cm³/mol. The van der Waals surface area contributed by atoms with Crippen LogP contribution in [-0.2, 0) is 26.1 Å². The number of hydrogen-bond acceptors (Lipinski definition) is 5. The highest BCUT2D eigenvalue weighted by Gasteiger charge is 2.30. The zero-order valence-corrected chi connectivity index (χ0v) is 17.2. The van der Waals surface area contributed by atoms with Gasteiger partial charge in [-0.15, -0.1) is 0 Å². The second-order valence-corrected chi connectivity index (χ2v) is 8.09. The molecule has 0 aliphatic rings. The molecular weight excluding hydrogens is 382 g/mol. The van der Waals surface area contributed by atoms with Crippen LogP contribution in [-0.4, -0.2) is 38.4 Å². The number of rotatable bonds is 8. The molecule has 0 aliphatic carbocycles. The molecule has 0 aliphatic heterocycles. The largest absolute Gasteiger partial charge is 0.462 e. The van der Waals surface area contributed by atoms with Gasteiger partial charge in [0.1, 0.15) is 10.5 Å². The van der Waals surface area contributed by atoms with Crippen LogP contribution in [0.25, 0.3) is 0 Å². The minimum absolute atomic E-state index is 0.0491. The van der Waals surface area contributed by atoms with Crippen molar-refractivity contribution in [2.24, 2.45) is 0 Å². The van der Waals surface area contributed by atoms with Gasteiger partial charge in [-0.25, -0.2) is 17.9 Å². The second-order valence-electron chi connectivity index (χ2n) is 6.39. The number of benzene rings is 1. The number of aryl methyl sites for hydroxylation is 3. The summed E-state index contributed by atoms with van der Waals surface area (Å²) in [5.41, 5.74) is 2.62. The molecule has 8 nitrogen and oxygen atoms in total. The smallest absolute Gasteiger partial charge is 0.341 e. The topological polar surface area (TPSA) is 117 Å². The molecule has 0 fully saturated rings. The van der Waals surface area contributed by atoms with Crippen LogP contribution in [0.1, 0.15) is 39.8 Å². The van der Waals surface area contributed by atoms with Gasteiger partial charge in [0.15, 0.2) is 0 Å². The van der Waals surface area contributed by atoms with Gasteiger partial charge in [0.05, 0.1) is 13.2 Å². The number of hydrogen-bond donors (Lipinski definition) is 3. The van der Waals surface area contributed by atoms with Crippen molar-refractivity contribution in [2.75, 3.05) is 13.2 Å². The van der Waals surface area contributed by atoms with Crippen molar-refractivity contribution in [3.05, 3.63) is 52.3 Å². The number of aromatic amines is 1. The lowest BCUT2D eigenvalue weighted by molar-refractivity contribution is -0.120. The molecule has 152 valence electrons. The Hall–Kier alpha value is -2.65. The molecule has 0 saturated heterocycles. The molecule has 1 heterocycles. The highest BCUT2D eigenvalue weighted by molar-refractivity contribution is 7.89. The normalized spacial score (nSPS) is 11.3. The molecule has 0 spiro atoms. The van der Waals surface area contributed by atoms with E-state index in [4.69, 9.17) is 4.74 Å². The number of carbonyl (C=O) groups is 2. The van der Waals surface area contributed by atoms with E-state index in [2.05, 4.69) is 15.0 Å². The standard InChI is InChI=1S/C19H25N3O5S/c1-5-27-19(24)17-13(3)22-14(4)18(17)28(25,26)21-11-16(23)20-10-15-8-6-7-12(2)9-15/h6-9,21-22H,5,10-11H2,1-4H3,(H,20,23). The average molecular weight is 407 g/mol. The van der Waals surface area contributed by atoms with E-state index < -0.39 is 28.4 Å². The van der Waals surface area contributed by atoms with E-state index in [0.29, 0.717) is 17.9 Å². The lowest BCUT2D eigenvalue weighted by Gasteiger charge is -2.10. The van der Waals surface area contributed by atoms with E-state index in [0.717, 1.165) is 11.1 Å². The van der Waals surface area contributed by atoms with E-state index in [1.165, 1.54) is 0 Å². The molecule has 1 amide bonds. The van der Waals surface area contributed by atoms with E-state index >= 15 is 0 Å². The van der Waals surface area contributed by atoms with Gasteiger partial charge in [0, 0.05) is 17.9 Å². The molecule has 2 rings (SSSR count). The van der Waals surface area contributed by atoms with Crippen LogP contribution in [0, 0.1) is 20.8 Å². The van der Waals surface area contributed by atoms with Crippen molar-refractivity contribution in [1.82, 2.24) is 15.0 Å². The molecule has 1 aromatic heterocycles. The number of amides is 1. The van der Waals surface area contributed by atoms with Gasteiger partial charge >= 0.3 is 5.97 Å². The first-order valence-electron chi connectivity index (χ1n) is 8.84. The molecule has 1 aromatic carbocycles. The molecule has 9 heteroatoms. The van der Waals surface area contributed by atoms with Crippen LogP contribution >= 0.6 is 0 Å². The van der Waals surface area contributed by atoms with Crippen molar-refractivity contribution in [1.29, 1.82) is 0 Å². The summed E-state index contributed by atoms with van der Waals surface area (Å²) in [5.74, 6) is -1.21. The molecule has 2 aromatic rings. The fraction of sp³-hybridized carbons (Fsp3) is 0.368. The number of nitrogens with one attached hydrogen (secondary N) is 3. The molecule has 0 atom stereocenters. The summed E-state index contributed by atoms with van der Waals surface area (Å²) in [6, 6.07) is 7.63. The fourth-order valence-corrected chi connectivity index (χ4v) is 4.29. The lowest BCUT2D eigenvalue weighted by Crippen LogP contribution is -2.37. The summed E-state index contributed by atoms with van der Waals surface area (Å²) in [7, 11) is -4.09. The van der Waals surface area contributed by atoms with Crippen LogP contribution in [0.4, 0.5) is 0 Å². The number of sulfonamides is 1. The Labute approximate surface area is 164 Å². The monoisotopic (exact) mass is 407 g/mol. The van der Waals surface area contributed by atoms with Crippen LogP contribution in [0.15, 0.2) is 29.2 Å². The number of H-pyrrole nitrogens is 1. The first kappa shape index (κ1) is 21.6. The van der Waals surface area contributed by atoms with Crippen molar-refractivity contribution in [3.63, 3.8) is 0 Å². The number of aromatic nitrogens is 1. The minimum Gasteiger partial charge on any atom is -0.462 e. The van der Waals surface area contributed by atoms with Gasteiger partial charge in [0.2, 0.25) is 15.9 Å². The lowest BCUT2D eigenvalue weighted by atomic mass is 10.1. The van der Waals surface area contributed by atoms with Crippen LogP contribution in [0.5, 0.6) is 0 Å². The number of carbonyl (C=O) groups excluding carboxylic acids is 2. The number of esters is 1. The molecule has 0 saturated carbocycles. The Balaban J connectivity index is 2.07. The summed E-state index contributed by atoms with van der Waals surface area (Å²) in [5, 5.41) is 2.66. The summed E-state index contributed by atoms with van der Waals surface area (Å²) >= 11 is 0. The maximum Gasteiger partial charge on any atom is 0.341 e. The molecule has 3 N–H and O–H groups in total. The van der Waals surface area contributed by atoms with Gasteiger partial charge in [0.25, 0.3) is 0 Å². The first-order valence-corrected chi connectivity index (χ1v) is 10.3. The van der Waals surface area contributed by atoms with Gasteiger partial charge < -0.3 is 15.0 Å². The zero-order chi connectivity index (χ0) is 20.9. The maximum atomic E-state index is 12.7. The van der Waals surface area contributed by atoms with Crippen LogP contribution in [0.3, 0.4) is 0 Å². The zero-order valence-electron chi connectivity index (χ0n) is 16.4. The first-order chi connectivity index (χ1) is 13.2. The van der Waals surface area contributed by atoms with Gasteiger partial charge in [-0.05, 0) is 33.3 Å². The molecule has 28 heavy (non-hydrogen) atoms. The second kappa shape index (κ2) is 9.03. The highest BCUT2D eigenvalue weighted by Crippen LogP contribution is 2.24. The van der Waals surface area contributed by atoms with Crippen LogP contribution in [0.2, 0.25) is 0 Å². The quantitative estimate of drug-likeness (QED) is 0.576. The molecule has 0 bridgehead atoms. The summed E-state index contributed by atoms with van der Waals surface area (Å²) in [6.07, 6.45) is 0. The maximum absolute atomic E-state index is 12.7. The van der Waals surface area contributed by atoms with E-state index in [1.54, 1.807) is 20.8 Å².